The van der Waals surface area contributed by atoms with E-state index < -0.39 is 18.5 Å². The number of aliphatic hydroxyl groups excluding tert-OH is 1. The average molecular weight is 525 g/mol. The van der Waals surface area contributed by atoms with Crippen LogP contribution < -0.4 is 0 Å². The number of hydrogen-bond donors (Lipinski definition) is 1. The standard InChI is InChI=1S/C32H41FO5/c1-21(2)11-12-22(3)23(4)29(37-31-9-5-7-15-35-31)14-13-26-27-18-25(28(33)20-34)17-24(27)19-30(26)38-32-10-6-8-16-36-32/h24,26-27,29-32,34H,1,3-10,15-20H2,2H3/t24-,26+,27-,29-,30+,31?,32?/m0/s1. The summed E-state index contributed by atoms with van der Waals surface area (Å²) in [6, 6.07) is 0. The summed E-state index contributed by atoms with van der Waals surface area (Å²) in [7, 11) is 0. The Labute approximate surface area is 227 Å². The number of halogens is 1. The molecule has 0 radical (unpaired) electrons. The van der Waals surface area contributed by atoms with Crippen molar-refractivity contribution in [2.24, 2.45) is 17.8 Å². The van der Waals surface area contributed by atoms with Crippen molar-refractivity contribution in [3.8, 4) is 23.7 Å². The van der Waals surface area contributed by atoms with Crippen LogP contribution in [0.15, 0.2) is 47.9 Å². The van der Waals surface area contributed by atoms with Gasteiger partial charge in [0.2, 0.25) is 0 Å². The Balaban J connectivity index is 1.58. The van der Waals surface area contributed by atoms with Gasteiger partial charge in [-0.05, 0) is 87.7 Å². The third-order valence-electron chi connectivity index (χ3n) is 7.92. The van der Waals surface area contributed by atoms with Crippen LogP contribution in [0, 0.1) is 41.4 Å². The van der Waals surface area contributed by atoms with Gasteiger partial charge in [-0.1, -0.05) is 43.4 Å². The Morgan fingerprint density at radius 2 is 1.76 bits per heavy atom. The van der Waals surface area contributed by atoms with Crippen molar-refractivity contribution in [3.63, 3.8) is 0 Å². The minimum Gasteiger partial charge on any atom is -0.389 e. The van der Waals surface area contributed by atoms with Crippen molar-refractivity contribution in [1.82, 2.24) is 0 Å². The fourth-order valence-electron chi connectivity index (χ4n) is 5.85. The first-order chi connectivity index (χ1) is 18.4. The second kappa shape index (κ2) is 13.7. The summed E-state index contributed by atoms with van der Waals surface area (Å²) in [6.07, 6.45) is 6.53. The lowest BCUT2D eigenvalue weighted by molar-refractivity contribution is -0.192. The number of fused-ring (bicyclic) bond motifs is 1. The van der Waals surface area contributed by atoms with Gasteiger partial charge in [0.15, 0.2) is 12.6 Å². The average Bonchev–Trinajstić information content (AvgIpc) is 3.48. The van der Waals surface area contributed by atoms with E-state index in [1.807, 2.05) is 6.92 Å². The van der Waals surface area contributed by atoms with Crippen LogP contribution in [0.2, 0.25) is 0 Å². The highest BCUT2D eigenvalue weighted by Crippen LogP contribution is 2.52. The van der Waals surface area contributed by atoms with Gasteiger partial charge in [0, 0.05) is 24.4 Å². The van der Waals surface area contributed by atoms with E-state index in [-0.39, 0.29) is 36.4 Å². The van der Waals surface area contributed by atoms with E-state index in [1.54, 1.807) is 0 Å². The van der Waals surface area contributed by atoms with Crippen LogP contribution in [0.1, 0.15) is 64.7 Å². The lowest BCUT2D eigenvalue weighted by Gasteiger charge is -2.29. The molecule has 0 amide bonds. The number of hydrogen-bond acceptors (Lipinski definition) is 5. The Kier molecular flexibility index (Phi) is 10.4. The van der Waals surface area contributed by atoms with E-state index in [2.05, 4.69) is 43.4 Å². The molecule has 2 aliphatic heterocycles. The molecule has 0 aromatic rings. The maximum Gasteiger partial charge on any atom is 0.159 e. The van der Waals surface area contributed by atoms with Crippen LogP contribution >= 0.6 is 0 Å². The highest BCUT2D eigenvalue weighted by molar-refractivity contribution is 5.49. The zero-order chi connectivity index (χ0) is 27.1. The van der Waals surface area contributed by atoms with Crippen LogP contribution in [-0.4, -0.2) is 49.7 Å². The number of allylic oxidation sites excluding steroid dienone is 2. The van der Waals surface area contributed by atoms with Crippen molar-refractivity contribution < 1.29 is 28.4 Å². The third kappa shape index (κ3) is 7.47. The monoisotopic (exact) mass is 524 g/mol. The van der Waals surface area contributed by atoms with Gasteiger partial charge in [-0.25, -0.2) is 4.39 Å². The van der Waals surface area contributed by atoms with E-state index in [1.165, 1.54) is 0 Å². The van der Waals surface area contributed by atoms with Crippen molar-refractivity contribution in [2.75, 3.05) is 19.8 Å². The minimum atomic E-state index is -0.638. The molecule has 7 atom stereocenters. The van der Waals surface area contributed by atoms with Crippen LogP contribution in [0.4, 0.5) is 4.39 Å². The zero-order valence-electron chi connectivity index (χ0n) is 22.6. The molecule has 2 aliphatic carbocycles. The predicted molar refractivity (Wildman–Crippen MR) is 145 cm³/mol. The summed E-state index contributed by atoms with van der Waals surface area (Å²) in [5, 5.41) is 9.35. The van der Waals surface area contributed by atoms with Crippen molar-refractivity contribution in [3.05, 3.63) is 47.9 Å². The Hall–Kier alpha value is -2.19. The summed E-state index contributed by atoms with van der Waals surface area (Å²) in [4.78, 5) is 0. The van der Waals surface area contributed by atoms with E-state index in [9.17, 15) is 9.50 Å². The lowest BCUT2D eigenvalue weighted by Crippen LogP contribution is -2.31. The molecule has 38 heavy (non-hydrogen) atoms. The summed E-state index contributed by atoms with van der Waals surface area (Å²) in [5.74, 6) is 12.7. The molecule has 0 spiro atoms. The van der Waals surface area contributed by atoms with Crippen LogP contribution in [0.25, 0.3) is 0 Å². The molecule has 0 aromatic heterocycles. The van der Waals surface area contributed by atoms with Gasteiger partial charge in [0.1, 0.15) is 11.9 Å². The third-order valence-corrected chi connectivity index (χ3v) is 7.92. The van der Waals surface area contributed by atoms with Crippen molar-refractivity contribution >= 4 is 0 Å². The lowest BCUT2D eigenvalue weighted by atomic mass is 9.91. The molecule has 6 heteroatoms. The van der Waals surface area contributed by atoms with Gasteiger partial charge in [-0.15, -0.1) is 0 Å². The molecule has 0 bridgehead atoms. The predicted octanol–water partition coefficient (Wildman–Crippen LogP) is 5.77. The minimum absolute atomic E-state index is 0.106. The summed E-state index contributed by atoms with van der Waals surface area (Å²) in [6.45, 7) is 14.8. The molecule has 2 unspecified atom stereocenters. The molecular formula is C32H41FO5. The first-order valence-electron chi connectivity index (χ1n) is 13.9. The fraction of sp³-hybridized carbons (Fsp3) is 0.625. The Bertz CT molecular complexity index is 1040. The number of aliphatic hydroxyl groups is 1. The highest BCUT2D eigenvalue weighted by atomic mass is 19.1. The SMILES string of the molecule is C=C(C)C#CC(=C)C(=C)[C@H](C#C[C@@H]1[C@H]2CC(=C(F)CO)C[C@H]2C[C@H]1OC1CCCCO1)OC1CCCCO1. The van der Waals surface area contributed by atoms with Crippen LogP contribution in [-0.2, 0) is 18.9 Å². The summed E-state index contributed by atoms with van der Waals surface area (Å²) >= 11 is 0. The van der Waals surface area contributed by atoms with E-state index >= 15 is 0 Å². The van der Waals surface area contributed by atoms with Crippen molar-refractivity contribution in [1.29, 1.82) is 0 Å². The molecule has 4 rings (SSSR count). The molecule has 2 heterocycles. The normalized spacial score (nSPS) is 32.7. The fourth-order valence-corrected chi connectivity index (χ4v) is 5.85. The molecule has 2 saturated heterocycles. The summed E-state index contributed by atoms with van der Waals surface area (Å²) < 4.78 is 38.8. The summed E-state index contributed by atoms with van der Waals surface area (Å²) in [5.41, 5.74) is 2.59. The van der Waals surface area contributed by atoms with E-state index in [0.29, 0.717) is 42.8 Å². The van der Waals surface area contributed by atoms with Crippen LogP contribution in [0.3, 0.4) is 0 Å². The van der Waals surface area contributed by atoms with Gasteiger partial charge in [0.25, 0.3) is 0 Å². The maximum absolute atomic E-state index is 14.3. The zero-order valence-corrected chi connectivity index (χ0v) is 22.6. The number of ether oxygens (including phenoxy) is 4. The van der Waals surface area contributed by atoms with Crippen LogP contribution in [0.5, 0.6) is 0 Å². The van der Waals surface area contributed by atoms with Crippen molar-refractivity contribution in [2.45, 2.75) is 89.5 Å². The first kappa shape index (κ1) is 28.8. The first-order valence-corrected chi connectivity index (χ1v) is 13.9. The maximum atomic E-state index is 14.3. The van der Waals surface area contributed by atoms with Gasteiger partial charge in [-0.3, -0.25) is 0 Å². The molecule has 0 aromatic carbocycles. The molecule has 5 nitrogen and oxygen atoms in total. The highest BCUT2D eigenvalue weighted by Gasteiger charge is 2.48. The largest absolute Gasteiger partial charge is 0.389 e. The second-order valence-electron chi connectivity index (χ2n) is 10.9. The number of rotatable bonds is 7. The molecule has 206 valence electrons. The quantitative estimate of drug-likeness (QED) is 0.339. The van der Waals surface area contributed by atoms with Gasteiger partial charge in [-0.2, -0.15) is 0 Å². The smallest absolute Gasteiger partial charge is 0.159 e. The molecular weight excluding hydrogens is 483 g/mol. The molecule has 2 saturated carbocycles. The Morgan fingerprint density at radius 1 is 1.05 bits per heavy atom. The van der Waals surface area contributed by atoms with Gasteiger partial charge < -0.3 is 24.1 Å². The second-order valence-corrected chi connectivity index (χ2v) is 10.9. The topological polar surface area (TPSA) is 57.2 Å². The van der Waals surface area contributed by atoms with E-state index in [4.69, 9.17) is 18.9 Å². The van der Waals surface area contributed by atoms with Gasteiger partial charge >= 0.3 is 0 Å². The van der Waals surface area contributed by atoms with E-state index in [0.717, 1.165) is 50.5 Å². The Morgan fingerprint density at radius 3 is 2.39 bits per heavy atom. The molecule has 4 aliphatic rings. The van der Waals surface area contributed by atoms with Gasteiger partial charge in [0.05, 0.1) is 18.6 Å². The molecule has 1 N–H and O–H groups in total. The molecule has 4 fully saturated rings.